The molecule has 4 aliphatic rings. The number of hydrogen-bond donors (Lipinski definition) is 1. The predicted molar refractivity (Wildman–Crippen MR) is 405 cm³/mol. The number of hydrogen-bond acceptors (Lipinski definition) is 13. The molecular weight excluding hydrogens is 1250 g/mol. The van der Waals surface area contributed by atoms with E-state index in [0.717, 1.165) is 94.2 Å². The van der Waals surface area contributed by atoms with Crippen LogP contribution >= 0.6 is 23.1 Å². The summed E-state index contributed by atoms with van der Waals surface area (Å²) in [6.45, 7) is 19.9. The van der Waals surface area contributed by atoms with Gasteiger partial charge in [0.1, 0.15) is 37.8 Å². The van der Waals surface area contributed by atoms with E-state index in [1.54, 1.807) is 22.3 Å². The van der Waals surface area contributed by atoms with Gasteiger partial charge in [-0.3, -0.25) is 0 Å². The second-order valence-electron chi connectivity index (χ2n) is 25.4. The number of halogens is 1. The number of carbonyl (C=O) groups is 1. The fourth-order valence-corrected chi connectivity index (χ4v) is 13.8. The molecule has 1 amide bonds. The van der Waals surface area contributed by atoms with E-state index in [1.165, 1.54) is 48.9 Å². The maximum atomic E-state index is 13.7. The monoisotopic (exact) mass is 1340 g/mol. The van der Waals surface area contributed by atoms with Crippen LogP contribution in [0.3, 0.4) is 0 Å². The molecule has 2 saturated heterocycles. The second-order valence-corrected chi connectivity index (χ2v) is 27.6. The average Bonchev–Trinajstić information content (AvgIpc) is 1.02. The van der Waals surface area contributed by atoms with Crippen molar-refractivity contribution < 1.29 is 32.9 Å². The molecule has 10 aromatic carbocycles. The lowest BCUT2D eigenvalue weighted by Crippen LogP contribution is -2.50. The van der Waals surface area contributed by atoms with Gasteiger partial charge < -0.3 is 53.5 Å². The van der Waals surface area contributed by atoms with Gasteiger partial charge >= 0.3 is 6.09 Å². The molecule has 1 N–H and O–H groups in total. The van der Waals surface area contributed by atoms with E-state index >= 15 is 0 Å². The number of carbonyl (C=O) groups excluding carboxylic acids is 1. The van der Waals surface area contributed by atoms with Crippen molar-refractivity contribution in [3.8, 4) is 23.0 Å². The lowest BCUT2D eigenvalue weighted by molar-refractivity contribution is 0.0240. The van der Waals surface area contributed by atoms with Gasteiger partial charge in [0.25, 0.3) is 0 Å². The first-order valence-corrected chi connectivity index (χ1v) is 35.5. The Labute approximate surface area is 580 Å². The third kappa shape index (κ3) is 18.3. The quantitative estimate of drug-likeness (QED) is 0.141. The summed E-state index contributed by atoms with van der Waals surface area (Å²) in [6, 6.07) is 76.9. The molecule has 12 nitrogen and oxygen atoms in total. The molecule has 2 fully saturated rings. The Balaban J connectivity index is 0.000000123. The van der Waals surface area contributed by atoms with E-state index in [1.807, 2.05) is 99.3 Å². The van der Waals surface area contributed by atoms with Crippen molar-refractivity contribution in [1.29, 1.82) is 0 Å². The van der Waals surface area contributed by atoms with E-state index in [2.05, 4.69) is 217 Å². The lowest BCUT2D eigenvalue weighted by Gasteiger charge is -2.37. The SMILES string of the molecule is CC(C)(C)OC(=O)N1CCN(c2cccc3sccc23)CC1.C[C@@H](c1ccccc1)N(C)c1ccc2c(c1)OCCO2.C[C@H](c1ccccc1)N(C)c1ccc2c(c1)OCCO2.Cc1cccc(Nc2ccc3ccccc3c2)c1.Fc1ccc(N2CCSCC2)c2ccccc12. The van der Waals surface area contributed by atoms with Crippen LogP contribution in [0.4, 0.5) is 43.3 Å². The lowest BCUT2D eigenvalue weighted by atomic mass is 10.1. The van der Waals surface area contributed by atoms with Gasteiger partial charge in [-0.2, -0.15) is 11.8 Å². The van der Waals surface area contributed by atoms with E-state index in [9.17, 15) is 9.18 Å². The van der Waals surface area contributed by atoms with Crippen molar-refractivity contribution in [1.82, 2.24) is 4.90 Å². The normalized spacial score (nSPS) is 14.5. The molecule has 15 heteroatoms. The molecule has 11 aromatic rings. The third-order valence-electron chi connectivity index (χ3n) is 17.6. The van der Waals surface area contributed by atoms with Gasteiger partial charge in [0, 0.05) is 132 Å². The van der Waals surface area contributed by atoms with E-state index < -0.39 is 5.60 Å². The molecule has 97 heavy (non-hydrogen) atoms. The smallest absolute Gasteiger partial charge is 0.410 e. The van der Waals surface area contributed by atoms with Crippen LogP contribution in [-0.2, 0) is 4.74 Å². The molecule has 0 saturated carbocycles. The third-order valence-corrected chi connectivity index (χ3v) is 19.4. The van der Waals surface area contributed by atoms with E-state index in [4.69, 9.17) is 23.7 Å². The molecule has 5 heterocycles. The highest BCUT2D eigenvalue weighted by Gasteiger charge is 2.27. The zero-order valence-corrected chi connectivity index (χ0v) is 58.6. The number of nitrogens with zero attached hydrogens (tertiary/aromatic N) is 5. The maximum Gasteiger partial charge on any atom is 0.410 e. The van der Waals surface area contributed by atoms with Crippen LogP contribution in [0.1, 0.15) is 63.4 Å². The van der Waals surface area contributed by atoms with Crippen molar-refractivity contribution >= 4 is 94.9 Å². The Morgan fingerprint density at radius 2 is 1.03 bits per heavy atom. The van der Waals surface area contributed by atoms with E-state index in [0.29, 0.717) is 51.6 Å². The molecule has 0 aliphatic carbocycles. The number of thioether (sulfide) groups is 1. The zero-order chi connectivity index (χ0) is 67.7. The van der Waals surface area contributed by atoms with Crippen LogP contribution in [0, 0.1) is 12.7 Å². The maximum absolute atomic E-state index is 13.7. The summed E-state index contributed by atoms with van der Waals surface area (Å²) in [6.07, 6.45) is -0.208. The number of aryl methyl sites for hydroxylation is 1. The summed E-state index contributed by atoms with van der Waals surface area (Å²) in [5.41, 5.74) is 10.4. The Hall–Kier alpha value is -9.57. The molecule has 0 bridgehead atoms. The topological polar surface area (TPSA) is 91.5 Å². The number of ether oxygens (including phenoxy) is 5. The highest BCUT2D eigenvalue weighted by atomic mass is 32.2. The van der Waals surface area contributed by atoms with Gasteiger partial charge in [-0.15, -0.1) is 11.3 Å². The predicted octanol–water partition coefficient (Wildman–Crippen LogP) is 19.7. The molecule has 0 radical (unpaired) electrons. The minimum absolute atomic E-state index is 0.129. The van der Waals surface area contributed by atoms with Crippen molar-refractivity contribution in [2.45, 2.75) is 59.2 Å². The van der Waals surface area contributed by atoms with Gasteiger partial charge in [0.2, 0.25) is 0 Å². The molecule has 2 atom stereocenters. The largest absolute Gasteiger partial charge is 0.486 e. The highest BCUT2D eigenvalue weighted by Crippen LogP contribution is 2.39. The summed E-state index contributed by atoms with van der Waals surface area (Å²) in [7, 11) is 4.20. The van der Waals surface area contributed by atoms with Crippen LogP contribution in [0.5, 0.6) is 23.0 Å². The number of piperazine rings is 1. The van der Waals surface area contributed by atoms with Gasteiger partial charge in [0.15, 0.2) is 23.0 Å². The molecule has 1 aromatic heterocycles. The zero-order valence-electron chi connectivity index (χ0n) is 57.0. The van der Waals surface area contributed by atoms with Crippen LogP contribution in [0.15, 0.2) is 230 Å². The second kappa shape index (κ2) is 32.9. The first-order chi connectivity index (χ1) is 47.1. The Morgan fingerprint density at radius 3 is 1.63 bits per heavy atom. The van der Waals surface area contributed by atoms with Gasteiger partial charge in [-0.25, -0.2) is 9.18 Å². The van der Waals surface area contributed by atoms with Crippen LogP contribution < -0.4 is 43.9 Å². The fourth-order valence-electron chi connectivity index (χ4n) is 12.1. The van der Waals surface area contributed by atoms with Crippen LogP contribution in [0.2, 0.25) is 0 Å². The van der Waals surface area contributed by atoms with Crippen molar-refractivity contribution in [3.63, 3.8) is 0 Å². The standard InChI is InChI=1S/C17H22N2O2S.2C17H19NO2.C17H15N.C14H14FNS/c1-17(2,3)21-16(20)19-10-8-18(9-11-19)14-5-4-6-15-13(14)7-12-22-15;2*1-13(14-6-4-3-5-7-14)18(2)15-8-9-16-17(12-15)20-11-10-19-16;1-13-5-4-8-16(11-13)18-17-10-9-14-6-2-3-7-15(14)12-17;15-13-5-6-14(16-7-9-17-10-8-16)12-4-2-1-3-11(12)13/h4-7,12H,8-11H2,1-3H3;2*3-9,12-13H,10-11H2,1-2H3;2-12,18H,1H3;1-6H,7-10H2/t;2*13-;;/m.10../s1. The van der Waals surface area contributed by atoms with Crippen molar-refractivity contribution in [3.05, 3.63) is 252 Å². The number of benzene rings is 10. The fraction of sp³-hybridized carbons (Fsp3) is 0.280. The number of anilines is 6. The number of fused-ring (bicyclic) bond motifs is 5. The van der Waals surface area contributed by atoms with Crippen molar-refractivity contribution in [2.75, 3.05) is 116 Å². The Kier molecular flexibility index (Phi) is 23.3. The summed E-state index contributed by atoms with van der Waals surface area (Å²) in [5.74, 6) is 5.52. The molecule has 15 rings (SSSR count). The first-order valence-electron chi connectivity index (χ1n) is 33.5. The van der Waals surface area contributed by atoms with Gasteiger partial charge in [0.05, 0.1) is 12.1 Å². The van der Waals surface area contributed by atoms with Crippen LogP contribution in [0.25, 0.3) is 31.6 Å². The Bertz CT molecular complexity index is 4240. The minimum atomic E-state index is -0.434. The molecule has 4 aliphatic heterocycles. The van der Waals surface area contributed by atoms with Gasteiger partial charge in [-0.1, -0.05) is 133 Å². The summed E-state index contributed by atoms with van der Waals surface area (Å²) in [4.78, 5) is 23.1. The number of rotatable bonds is 10. The summed E-state index contributed by atoms with van der Waals surface area (Å²) < 4.78 is 42.9. The number of thiophene rings is 1. The van der Waals surface area contributed by atoms with E-state index in [-0.39, 0.29) is 11.9 Å². The highest BCUT2D eigenvalue weighted by molar-refractivity contribution is 7.99. The summed E-state index contributed by atoms with van der Waals surface area (Å²) >= 11 is 3.75. The minimum Gasteiger partial charge on any atom is -0.486 e. The number of amides is 1. The molecule has 0 unspecified atom stereocenters. The molecule has 0 spiro atoms. The summed E-state index contributed by atoms with van der Waals surface area (Å²) in [5, 5.41) is 11.2. The van der Waals surface area contributed by atoms with Crippen molar-refractivity contribution in [2.24, 2.45) is 0 Å². The number of nitrogens with one attached hydrogen (secondary N) is 1. The van der Waals surface area contributed by atoms with Crippen LogP contribution in [-0.4, -0.2) is 108 Å². The Morgan fingerprint density at radius 1 is 0.505 bits per heavy atom. The van der Waals surface area contributed by atoms with Gasteiger partial charge in [-0.05, 0) is 153 Å². The first kappa shape index (κ1) is 68.8. The molecule has 502 valence electrons. The average molecular weight is 1340 g/mol. The molecular formula is C82H89FN6O6S2.